The highest BCUT2D eigenvalue weighted by atomic mass is 16.6. The molecule has 0 spiro atoms. The zero-order chi connectivity index (χ0) is 14.9. The molecular formula is C11H16N6O3. The molecule has 9 nitrogen and oxygen atoms in total. The monoisotopic (exact) mass is 280 g/mol. The van der Waals surface area contributed by atoms with Crippen molar-refractivity contribution < 1.29 is 9.66 Å². The first-order valence-electron chi connectivity index (χ1n) is 6.27. The van der Waals surface area contributed by atoms with Crippen LogP contribution in [0.5, 0.6) is 0 Å². The van der Waals surface area contributed by atoms with Crippen LogP contribution in [0.3, 0.4) is 0 Å². The molecule has 1 aromatic heterocycles. The lowest BCUT2D eigenvalue weighted by molar-refractivity contribution is -0.386. The number of azide groups is 1. The van der Waals surface area contributed by atoms with Crippen molar-refractivity contribution in [2.75, 3.05) is 0 Å². The van der Waals surface area contributed by atoms with Crippen LogP contribution in [0, 0.1) is 10.1 Å². The molecule has 1 aromatic rings. The topological polar surface area (TPSA) is 119 Å². The fraction of sp³-hybridized carbons (Fsp3) is 0.727. The molecule has 1 saturated heterocycles. The summed E-state index contributed by atoms with van der Waals surface area (Å²) in [5, 5.41) is 18.7. The average Bonchev–Trinajstić information content (AvgIpc) is 2.75. The number of aromatic nitrogens is 2. The van der Waals surface area contributed by atoms with Crippen LogP contribution in [0.1, 0.15) is 38.5 Å². The maximum Gasteiger partial charge on any atom is 0.312 e. The van der Waals surface area contributed by atoms with E-state index in [0.29, 0.717) is 18.5 Å². The predicted molar refractivity (Wildman–Crippen MR) is 69.9 cm³/mol. The molecule has 0 bridgehead atoms. The number of aryl methyl sites for hydroxylation is 1. The Morgan fingerprint density at radius 3 is 3.00 bits per heavy atom. The van der Waals surface area contributed by atoms with Gasteiger partial charge in [-0.3, -0.25) is 14.8 Å². The molecule has 0 saturated carbocycles. The highest BCUT2D eigenvalue weighted by molar-refractivity contribution is 5.35. The number of ether oxygens (including phenoxy) is 1. The van der Waals surface area contributed by atoms with Gasteiger partial charge in [-0.25, -0.2) is 0 Å². The van der Waals surface area contributed by atoms with Gasteiger partial charge in [-0.1, -0.05) is 12.0 Å². The fourth-order valence-corrected chi connectivity index (χ4v) is 2.47. The van der Waals surface area contributed by atoms with Gasteiger partial charge in [-0.2, -0.15) is 5.10 Å². The zero-order valence-electron chi connectivity index (χ0n) is 11.6. The van der Waals surface area contributed by atoms with E-state index in [1.165, 1.54) is 10.9 Å². The third kappa shape index (κ3) is 2.33. The Morgan fingerprint density at radius 1 is 1.75 bits per heavy atom. The van der Waals surface area contributed by atoms with Crippen molar-refractivity contribution in [2.24, 2.45) is 12.2 Å². The number of hydrogen-bond acceptors (Lipinski definition) is 5. The van der Waals surface area contributed by atoms with Crippen molar-refractivity contribution in [1.82, 2.24) is 9.78 Å². The SMILES string of the molecule is CC1OC(c2c([N+](=O)[O-])cnn2C)CCC1(C)N=[N+]=[N-]. The van der Waals surface area contributed by atoms with Gasteiger partial charge in [-0.05, 0) is 25.3 Å². The molecular weight excluding hydrogens is 264 g/mol. The molecule has 1 aliphatic rings. The van der Waals surface area contributed by atoms with Gasteiger partial charge in [-0.15, -0.1) is 0 Å². The fourth-order valence-electron chi connectivity index (χ4n) is 2.47. The van der Waals surface area contributed by atoms with Crippen molar-refractivity contribution >= 4 is 5.69 Å². The number of hydrogen-bond donors (Lipinski definition) is 0. The van der Waals surface area contributed by atoms with Gasteiger partial charge in [0.15, 0.2) is 0 Å². The van der Waals surface area contributed by atoms with Crippen molar-refractivity contribution in [3.8, 4) is 0 Å². The number of nitrogens with zero attached hydrogens (tertiary/aromatic N) is 6. The van der Waals surface area contributed by atoms with E-state index in [1.807, 2.05) is 13.8 Å². The van der Waals surface area contributed by atoms with Crippen molar-refractivity contribution in [1.29, 1.82) is 0 Å². The summed E-state index contributed by atoms with van der Waals surface area (Å²) in [6.45, 7) is 3.63. The quantitative estimate of drug-likeness (QED) is 0.278. The molecule has 9 heteroatoms. The highest BCUT2D eigenvalue weighted by Gasteiger charge is 2.41. The summed E-state index contributed by atoms with van der Waals surface area (Å²) in [6.07, 6.45) is 1.63. The van der Waals surface area contributed by atoms with Gasteiger partial charge in [0.05, 0.1) is 16.6 Å². The first-order valence-corrected chi connectivity index (χ1v) is 6.27. The van der Waals surface area contributed by atoms with E-state index in [0.717, 1.165) is 0 Å². The number of rotatable bonds is 3. The second kappa shape index (κ2) is 5.10. The Morgan fingerprint density at radius 2 is 2.45 bits per heavy atom. The molecule has 1 fully saturated rings. The Kier molecular flexibility index (Phi) is 3.65. The normalized spacial score (nSPS) is 29.8. The van der Waals surface area contributed by atoms with Crippen LogP contribution in [0.2, 0.25) is 0 Å². The van der Waals surface area contributed by atoms with Gasteiger partial charge in [0.2, 0.25) is 0 Å². The van der Waals surface area contributed by atoms with Crippen molar-refractivity contribution in [2.45, 2.75) is 44.4 Å². The van der Waals surface area contributed by atoms with Crippen LogP contribution >= 0.6 is 0 Å². The predicted octanol–water partition coefficient (Wildman–Crippen LogP) is 2.64. The Bertz CT molecular complexity index is 579. The molecule has 1 aliphatic heterocycles. The smallest absolute Gasteiger partial charge is 0.312 e. The lowest BCUT2D eigenvalue weighted by atomic mass is 9.86. The Balaban J connectivity index is 2.28. The first kappa shape index (κ1) is 14.3. The van der Waals surface area contributed by atoms with Crippen LogP contribution in [0.25, 0.3) is 10.4 Å². The van der Waals surface area contributed by atoms with E-state index >= 15 is 0 Å². The van der Waals surface area contributed by atoms with Crippen LogP contribution in [-0.4, -0.2) is 26.3 Å². The minimum atomic E-state index is -0.626. The summed E-state index contributed by atoms with van der Waals surface area (Å²) in [7, 11) is 1.65. The summed E-state index contributed by atoms with van der Waals surface area (Å²) < 4.78 is 7.30. The Hall–Kier alpha value is -2.12. The van der Waals surface area contributed by atoms with E-state index in [2.05, 4.69) is 15.1 Å². The van der Waals surface area contributed by atoms with Crippen LogP contribution in [0.4, 0.5) is 5.69 Å². The maximum absolute atomic E-state index is 11.0. The second-order valence-electron chi connectivity index (χ2n) is 5.15. The summed E-state index contributed by atoms with van der Waals surface area (Å²) in [5.74, 6) is 0. The molecule has 3 atom stereocenters. The van der Waals surface area contributed by atoms with Gasteiger partial charge in [0, 0.05) is 12.0 Å². The maximum atomic E-state index is 11.0. The number of nitro groups is 1. The molecule has 3 unspecified atom stereocenters. The van der Waals surface area contributed by atoms with E-state index < -0.39 is 16.6 Å². The summed E-state index contributed by atoms with van der Waals surface area (Å²) in [5.41, 5.74) is 8.39. The highest BCUT2D eigenvalue weighted by Crippen LogP contribution is 2.41. The largest absolute Gasteiger partial charge is 0.368 e. The standard InChI is InChI=1S/C11H16N6O3/c1-7-11(2,14-15-12)5-4-9(20-7)10-8(17(18)19)6-13-16(10)3/h6-7,9H,4-5H2,1-3H3. The lowest BCUT2D eigenvalue weighted by Gasteiger charge is -2.39. The molecule has 0 aliphatic carbocycles. The molecule has 0 radical (unpaired) electrons. The van der Waals surface area contributed by atoms with Gasteiger partial charge in [0.1, 0.15) is 18.0 Å². The average molecular weight is 280 g/mol. The molecule has 2 heterocycles. The molecule has 0 amide bonds. The molecule has 20 heavy (non-hydrogen) atoms. The first-order chi connectivity index (χ1) is 9.39. The van der Waals surface area contributed by atoms with E-state index in [4.69, 9.17) is 10.3 Å². The Labute approximate surface area is 115 Å². The summed E-state index contributed by atoms with van der Waals surface area (Å²) >= 11 is 0. The van der Waals surface area contributed by atoms with Crippen molar-refractivity contribution in [3.05, 3.63) is 32.4 Å². The van der Waals surface area contributed by atoms with Crippen molar-refractivity contribution in [3.63, 3.8) is 0 Å². The van der Waals surface area contributed by atoms with Crippen LogP contribution in [0.15, 0.2) is 11.3 Å². The zero-order valence-corrected chi connectivity index (χ0v) is 11.6. The van der Waals surface area contributed by atoms with Gasteiger partial charge in [0.25, 0.3) is 0 Å². The molecule has 108 valence electrons. The molecule has 2 rings (SSSR count). The molecule has 0 N–H and O–H groups in total. The van der Waals surface area contributed by atoms with Crippen LogP contribution < -0.4 is 0 Å². The summed E-state index contributed by atoms with van der Waals surface area (Å²) in [4.78, 5) is 13.4. The summed E-state index contributed by atoms with van der Waals surface area (Å²) in [6, 6.07) is 0. The minimum Gasteiger partial charge on any atom is -0.368 e. The molecule has 0 aromatic carbocycles. The lowest BCUT2D eigenvalue weighted by Crippen LogP contribution is -2.42. The van der Waals surface area contributed by atoms with Gasteiger partial charge < -0.3 is 4.74 Å². The van der Waals surface area contributed by atoms with Gasteiger partial charge >= 0.3 is 5.69 Å². The van der Waals surface area contributed by atoms with Crippen LogP contribution in [-0.2, 0) is 11.8 Å². The van der Waals surface area contributed by atoms with E-state index in [-0.39, 0.29) is 11.8 Å². The second-order valence-corrected chi connectivity index (χ2v) is 5.15. The van der Waals surface area contributed by atoms with E-state index in [9.17, 15) is 10.1 Å². The minimum absolute atomic E-state index is 0.0444. The third-order valence-electron chi connectivity index (χ3n) is 3.90. The third-order valence-corrected chi connectivity index (χ3v) is 3.90. The van der Waals surface area contributed by atoms with E-state index in [1.54, 1.807) is 7.05 Å².